The Balaban J connectivity index is 3.61. The van der Waals surface area contributed by atoms with Crippen molar-refractivity contribution in [1.82, 2.24) is 0 Å². The third-order valence-electron chi connectivity index (χ3n) is 4.36. The van der Waals surface area contributed by atoms with Crippen LogP contribution in [0.2, 0.25) is 0 Å². The molecule has 112 valence electrons. The van der Waals surface area contributed by atoms with Crippen molar-refractivity contribution in [1.29, 1.82) is 0 Å². The molecule has 1 aromatic carbocycles. The van der Waals surface area contributed by atoms with Crippen LogP contribution < -0.4 is 5.73 Å². The van der Waals surface area contributed by atoms with Gasteiger partial charge in [-0.25, -0.2) is 0 Å². The third kappa shape index (κ3) is 2.82. The zero-order valence-electron chi connectivity index (χ0n) is 13.4. The van der Waals surface area contributed by atoms with Gasteiger partial charge in [0.25, 0.3) is 0 Å². The average Bonchev–Trinajstić information content (AvgIpc) is 2.23. The summed E-state index contributed by atoms with van der Waals surface area (Å²) in [6.07, 6.45) is 0.283. The highest BCUT2D eigenvalue weighted by molar-refractivity contribution is 5.76. The summed E-state index contributed by atoms with van der Waals surface area (Å²) >= 11 is 0. The van der Waals surface area contributed by atoms with Crippen LogP contribution in [0, 0.1) is 10.8 Å². The summed E-state index contributed by atoms with van der Waals surface area (Å²) < 4.78 is 0. The van der Waals surface area contributed by atoms with E-state index in [1.807, 2.05) is 12.1 Å². The van der Waals surface area contributed by atoms with E-state index in [1.165, 1.54) is 0 Å². The molecule has 0 aliphatic rings. The molecule has 1 aromatic rings. The number of hydrogen-bond donors (Lipinski definition) is 2. The Labute approximate surface area is 122 Å². The van der Waals surface area contributed by atoms with Gasteiger partial charge in [-0.2, -0.15) is 0 Å². The molecule has 3 N–H and O–H groups in total. The number of hydrogen-bond acceptors (Lipinski definition) is 2. The number of carbonyl (C=O) groups excluding carboxylic acids is 1. The van der Waals surface area contributed by atoms with E-state index in [2.05, 4.69) is 41.5 Å². The second kappa shape index (κ2) is 5.12. The molecular weight excluding hydrogens is 250 g/mol. The molecule has 0 atom stereocenters. The minimum atomic E-state index is -0.403. The quantitative estimate of drug-likeness (QED) is 0.886. The number of aromatic hydroxyl groups is 1. The van der Waals surface area contributed by atoms with Gasteiger partial charge in [-0.15, -0.1) is 0 Å². The van der Waals surface area contributed by atoms with Gasteiger partial charge in [-0.1, -0.05) is 53.7 Å². The molecular formula is C17H27NO2. The zero-order chi connectivity index (χ0) is 15.8. The number of rotatable bonds is 3. The fourth-order valence-corrected chi connectivity index (χ4v) is 3.63. The van der Waals surface area contributed by atoms with Gasteiger partial charge in [0.1, 0.15) is 5.75 Å². The molecule has 20 heavy (non-hydrogen) atoms. The van der Waals surface area contributed by atoms with Crippen LogP contribution in [0.5, 0.6) is 5.75 Å². The van der Waals surface area contributed by atoms with E-state index in [-0.39, 0.29) is 28.9 Å². The number of nitrogens with two attached hydrogens (primary N) is 1. The van der Waals surface area contributed by atoms with E-state index < -0.39 is 5.41 Å². The SMILES string of the molecule is CC(C)(C)C(CC(N)=O)(c1ccc(O)cc1)C(C)(C)C. The van der Waals surface area contributed by atoms with Crippen LogP contribution in [-0.4, -0.2) is 11.0 Å². The third-order valence-corrected chi connectivity index (χ3v) is 4.36. The van der Waals surface area contributed by atoms with E-state index in [0.29, 0.717) is 0 Å². The van der Waals surface area contributed by atoms with Crippen LogP contribution >= 0.6 is 0 Å². The van der Waals surface area contributed by atoms with Gasteiger partial charge >= 0.3 is 0 Å². The largest absolute Gasteiger partial charge is 0.508 e. The molecule has 0 saturated carbocycles. The molecule has 0 bridgehead atoms. The number of amides is 1. The van der Waals surface area contributed by atoms with Gasteiger partial charge in [0.2, 0.25) is 5.91 Å². The molecule has 0 radical (unpaired) electrons. The van der Waals surface area contributed by atoms with Crippen molar-refractivity contribution in [3.8, 4) is 5.75 Å². The monoisotopic (exact) mass is 277 g/mol. The Morgan fingerprint density at radius 2 is 1.40 bits per heavy atom. The van der Waals surface area contributed by atoms with Crippen molar-refractivity contribution in [3.63, 3.8) is 0 Å². The fourth-order valence-electron chi connectivity index (χ4n) is 3.63. The molecule has 3 heteroatoms. The normalized spacial score (nSPS) is 13.3. The van der Waals surface area contributed by atoms with Gasteiger partial charge in [-0.3, -0.25) is 4.79 Å². The molecule has 1 amide bonds. The van der Waals surface area contributed by atoms with Crippen molar-refractivity contribution >= 4 is 5.91 Å². The summed E-state index contributed by atoms with van der Waals surface area (Å²) in [6.45, 7) is 12.8. The van der Waals surface area contributed by atoms with Crippen molar-refractivity contribution in [2.24, 2.45) is 16.6 Å². The molecule has 0 aliphatic carbocycles. The highest BCUT2D eigenvalue weighted by Crippen LogP contribution is 2.55. The van der Waals surface area contributed by atoms with Gasteiger partial charge in [0.15, 0.2) is 0 Å². The van der Waals surface area contributed by atoms with E-state index in [1.54, 1.807) is 12.1 Å². The van der Waals surface area contributed by atoms with Gasteiger partial charge in [-0.05, 0) is 28.5 Å². The minimum absolute atomic E-state index is 0.156. The predicted octanol–water partition coefficient (Wildman–Crippen LogP) is 3.60. The maximum Gasteiger partial charge on any atom is 0.218 e. The van der Waals surface area contributed by atoms with Gasteiger partial charge in [0.05, 0.1) is 0 Å². The summed E-state index contributed by atoms with van der Waals surface area (Å²) in [7, 11) is 0. The predicted molar refractivity (Wildman–Crippen MR) is 82.5 cm³/mol. The number of phenolic OH excluding ortho intramolecular Hbond substituents is 1. The summed E-state index contributed by atoms with van der Waals surface area (Å²) in [5.74, 6) is -0.0764. The summed E-state index contributed by atoms with van der Waals surface area (Å²) in [4.78, 5) is 11.7. The lowest BCUT2D eigenvalue weighted by molar-refractivity contribution is -0.122. The summed E-state index contributed by atoms with van der Waals surface area (Å²) in [5, 5.41) is 9.52. The second-order valence-corrected chi connectivity index (χ2v) is 7.60. The Hall–Kier alpha value is -1.51. The molecule has 3 nitrogen and oxygen atoms in total. The van der Waals surface area contributed by atoms with Crippen LogP contribution in [0.3, 0.4) is 0 Å². The molecule has 0 aliphatic heterocycles. The Bertz CT molecular complexity index is 461. The maximum absolute atomic E-state index is 11.7. The van der Waals surface area contributed by atoms with Crippen molar-refractivity contribution in [2.75, 3.05) is 0 Å². The van der Waals surface area contributed by atoms with Crippen molar-refractivity contribution in [2.45, 2.75) is 53.4 Å². The highest BCUT2D eigenvalue weighted by atomic mass is 16.3. The van der Waals surface area contributed by atoms with E-state index >= 15 is 0 Å². The van der Waals surface area contributed by atoms with Crippen molar-refractivity contribution in [3.05, 3.63) is 29.8 Å². The van der Waals surface area contributed by atoms with E-state index in [9.17, 15) is 9.90 Å². The summed E-state index contributed by atoms with van der Waals surface area (Å²) in [5.41, 5.74) is 5.87. The lowest BCUT2D eigenvalue weighted by Crippen LogP contribution is -2.52. The Morgan fingerprint density at radius 1 is 1.00 bits per heavy atom. The first kappa shape index (κ1) is 16.5. The van der Waals surface area contributed by atoms with E-state index in [4.69, 9.17) is 5.73 Å². The van der Waals surface area contributed by atoms with Gasteiger partial charge in [0, 0.05) is 11.8 Å². The molecule has 0 unspecified atom stereocenters. The zero-order valence-corrected chi connectivity index (χ0v) is 13.4. The van der Waals surface area contributed by atoms with Crippen LogP contribution in [0.15, 0.2) is 24.3 Å². The number of primary amides is 1. The first-order valence-electron chi connectivity index (χ1n) is 6.99. The van der Waals surface area contributed by atoms with Crippen LogP contribution in [-0.2, 0) is 10.2 Å². The molecule has 0 saturated heterocycles. The van der Waals surface area contributed by atoms with Crippen LogP contribution in [0.25, 0.3) is 0 Å². The van der Waals surface area contributed by atoms with Crippen LogP contribution in [0.1, 0.15) is 53.5 Å². The number of benzene rings is 1. The van der Waals surface area contributed by atoms with E-state index in [0.717, 1.165) is 5.56 Å². The van der Waals surface area contributed by atoms with Crippen LogP contribution in [0.4, 0.5) is 0 Å². The topological polar surface area (TPSA) is 63.3 Å². The lowest BCUT2D eigenvalue weighted by Gasteiger charge is -2.54. The highest BCUT2D eigenvalue weighted by Gasteiger charge is 2.52. The standard InChI is InChI=1S/C17H27NO2/c1-15(2,3)17(11-14(18)20,16(4,5)6)12-7-9-13(19)10-8-12/h7-10,19H,11H2,1-6H3,(H2,18,20). The molecule has 0 fully saturated rings. The summed E-state index contributed by atoms with van der Waals surface area (Å²) in [6, 6.07) is 7.13. The Morgan fingerprint density at radius 3 is 1.70 bits per heavy atom. The first-order chi connectivity index (χ1) is 8.92. The molecule has 0 aromatic heterocycles. The lowest BCUT2D eigenvalue weighted by atomic mass is 9.50. The minimum Gasteiger partial charge on any atom is -0.508 e. The maximum atomic E-state index is 11.7. The average molecular weight is 277 g/mol. The first-order valence-corrected chi connectivity index (χ1v) is 6.99. The number of phenols is 1. The van der Waals surface area contributed by atoms with Crippen molar-refractivity contribution < 1.29 is 9.90 Å². The molecule has 1 rings (SSSR count). The Kier molecular flexibility index (Phi) is 4.23. The smallest absolute Gasteiger partial charge is 0.218 e. The number of carbonyl (C=O) groups is 1. The fraction of sp³-hybridized carbons (Fsp3) is 0.588. The molecule has 0 spiro atoms. The second-order valence-electron chi connectivity index (χ2n) is 7.60. The van der Waals surface area contributed by atoms with Gasteiger partial charge < -0.3 is 10.8 Å². The molecule has 0 heterocycles.